The SMILES string of the molecule is O=[As]([O-])([O-])[O-].[Co+3].c1ccncc1.c1ccncc1. The largest absolute Gasteiger partial charge is 3.00 e. The maximum atomic E-state index is 8.61. The van der Waals surface area contributed by atoms with Gasteiger partial charge in [-0.1, -0.05) is 12.1 Å². The zero-order valence-electron chi connectivity index (χ0n) is 9.08. The molecule has 0 N–H and O–H groups in total. The predicted molar refractivity (Wildman–Crippen MR) is 54.9 cm³/mol. The van der Waals surface area contributed by atoms with Gasteiger partial charge < -0.3 is 0 Å². The third kappa shape index (κ3) is 24.3. The number of nitrogens with zero attached hydrogens (tertiary/aromatic N) is 2. The van der Waals surface area contributed by atoms with Crippen LogP contribution in [0.2, 0.25) is 0 Å². The van der Waals surface area contributed by atoms with Gasteiger partial charge in [0.05, 0.1) is 0 Å². The number of rotatable bonds is 0. The van der Waals surface area contributed by atoms with E-state index < -0.39 is 14.5 Å². The summed E-state index contributed by atoms with van der Waals surface area (Å²) in [6.07, 6.45) is 7.00. The van der Waals surface area contributed by atoms with Gasteiger partial charge in [0.15, 0.2) is 0 Å². The summed E-state index contributed by atoms with van der Waals surface area (Å²) < 4.78 is 34.4. The Hall–Kier alpha value is -0.955. The quantitative estimate of drug-likeness (QED) is 0.510. The van der Waals surface area contributed by atoms with Crippen LogP contribution in [0.1, 0.15) is 0 Å². The van der Waals surface area contributed by atoms with Crippen LogP contribution in [0.4, 0.5) is 0 Å². The molecule has 0 atom stereocenters. The number of pyridine rings is 2. The van der Waals surface area contributed by atoms with E-state index in [-0.39, 0.29) is 16.8 Å². The van der Waals surface area contributed by atoms with E-state index in [0.29, 0.717) is 0 Å². The molecular formula is C10H10AsCoN2O4. The molecule has 0 radical (unpaired) electrons. The molecule has 2 aromatic heterocycles. The summed E-state index contributed by atoms with van der Waals surface area (Å²) in [6.45, 7) is 0. The molecule has 0 amide bonds. The third-order valence-corrected chi connectivity index (χ3v) is 1.13. The fourth-order valence-corrected chi connectivity index (χ4v) is 0.625. The molecular weight excluding hydrogens is 346 g/mol. The van der Waals surface area contributed by atoms with E-state index in [1.807, 2.05) is 36.4 Å². The van der Waals surface area contributed by atoms with Gasteiger partial charge in [-0.25, -0.2) is 0 Å². The van der Waals surface area contributed by atoms with Crippen molar-refractivity contribution in [3.05, 3.63) is 61.2 Å². The summed E-state index contributed by atoms with van der Waals surface area (Å²) >= 11 is -5.88. The Labute approximate surface area is 118 Å². The van der Waals surface area contributed by atoms with Gasteiger partial charge in [0.1, 0.15) is 0 Å². The van der Waals surface area contributed by atoms with Gasteiger partial charge in [0, 0.05) is 24.8 Å². The molecule has 0 aromatic carbocycles. The average molecular weight is 356 g/mol. The summed E-state index contributed by atoms with van der Waals surface area (Å²) in [6, 6.07) is 11.4. The number of hydrogen-bond donors (Lipinski definition) is 0. The second kappa shape index (κ2) is 12.5. The minimum absolute atomic E-state index is 0. The van der Waals surface area contributed by atoms with Crippen molar-refractivity contribution in [1.82, 2.24) is 9.97 Å². The molecule has 0 unspecified atom stereocenters. The van der Waals surface area contributed by atoms with Gasteiger partial charge >= 0.3 is 47.3 Å². The summed E-state index contributed by atoms with van der Waals surface area (Å²) in [7, 11) is 0. The molecule has 8 heteroatoms. The van der Waals surface area contributed by atoms with Crippen LogP contribution in [0, 0.1) is 0 Å². The standard InChI is InChI=1S/2C5H5N.AsH3O4.Co/c2*1-2-4-6-5-3-1;2-1(3,4)5;/h2*1-5H;(H3,2,3,4,5);/q;;;+3/p-3. The molecule has 0 aliphatic carbocycles. The zero-order valence-corrected chi connectivity index (χ0v) is 12.0. The Bertz CT molecular complexity index is 320. The normalized spacial score (nSPS) is 8.61. The van der Waals surface area contributed by atoms with E-state index in [1.54, 1.807) is 24.8 Å². The molecule has 6 nitrogen and oxygen atoms in total. The molecule has 0 aliphatic heterocycles. The van der Waals surface area contributed by atoms with E-state index in [0.717, 1.165) is 0 Å². The van der Waals surface area contributed by atoms with Crippen LogP contribution >= 0.6 is 0 Å². The van der Waals surface area contributed by atoms with Crippen molar-refractivity contribution < 1.29 is 32.8 Å². The topological polar surface area (TPSA) is 112 Å². The molecule has 2 heterocycles. The second-order valence-electron chi connectivity index (χ2n) is 2.50. The smallest absolute Gasteiger partial charge is 0.265 e. The Morgan fingerprint density at radius 1 is 0.667 bits per heavy atom. The van der Waals surface area contributed by atoms with Crippen LogP contribution < -0.4 is 12.3 Å². The number of aromatic nitrogens is 2. The fourth-order valence-electron chi connectivity index (χ4n) is 0.625. The summed E-state index contributed by atoms with van der Waals surface area (Å²) in [4.78, 5) is 7.57. The summed E-state index contributed by atoms with van der Waals surface area (Å²) in [5.41, 5.74) is 0. The van der Waals surface area contributed by atoms with Gasteiger partial charge in [-0.15, -0.1) is 0 Å². The average Bonchev–Trinajstić information content (AvgIpc) is 2.32. The van der Waals surface area contributed by atoms with Crippen LogP contribution in [-0.4, -0.2) is 24.5 Å². The van der Waals surface area contributed by atoms with Crippen LogP contribution in [0.15, 0.2) is 61.2 Å². The van der Waals surface area contributed by atoms with Crippen molar-refractivity contribution in [2.24, 2.45) is 0 Å². The van der Waals surface area contributed by atoms with Crippen LogP contribution in [0.5, 0.6) is 0 Å². The molecule has 0 spiro atoms. The van der Waals surface area contributed by atoms with E-state index in [2.05, 4.69) is 9.97 Å². The first kappa shape index (κ1) is 19.4. The van der Waals surface area contributed by atoms with E-state index >= 15 is 0 Å². The number of hydrogen-bond acceptors (Lipinski definition) is 6. The van der Waals surface area contributed by atoms with Crippen LogP contribution in [0.3, 0.4) is 0 Å². The van der Waals surface area contributed by atoms with Crippen molar-refractivity contribution in [2.75, 3.05) is 0 Å². The Kier molecular flexibility index (Phi) is 13.5. The third-order valence-electron chi connectivity index (χ3n) is 1.13. The van der Waals surface area contributed by atoms with Crippen molar-refractivity contribution in [3.8, 4) is 0 Å². The summed E-state index contributed by atoms with van der Waals surface area (Å²) in [5.74, 6) is 0. The molecule has 0 aliphatic rings. The molecule has 2 aromatic rings. The molecule has 18 heavy (non-hydrogen) atoms. The van der Waals surface area contributed by atoms with Crippen molar-refractivity contribution in [2.45, 2.75) is 0 Å². The first-order valence-corrected chi connectivity index (χ1v) is 7.49. The minimum Gasteiger partial charge on any atom is -0.265 e. The molecule has 0 saturated carbocycles. The summed E-state index contributed by atoms with van der Waals surface area (Å²) in [5, 5.41) is 0. The van der Waals surface area contributed by atoms with E-state index in [4.69, 9.17) is 16.0 Å². The first-order valence-electron chi connectivity index (χ1n) is 4.43. The minimum atomic E-state index is -5.88. The van der Waals surface area contributed by atoms with E-state index in [9.17, 15) is 0 Å². The fraction of sp³-hybridized carbons (Fsp3) is 0. The maximum absolute atomic E-state index is 8.61. The molecule has 2 rings (SSSR count). The Balaban J connectivity index is 0. The van der Waals surface area contributed by atoms with Crippen molar-refractivity contribution >= 4 is 14.5 Å². The molecule has 0 fully saturated rings. The molecule has 0 saturated heterocycles. The monoisotopic (exact) mass is 356 g/mol. The molecule has 0 bridgehead atoms. The Morgan fingerprint density at radius 2 is 0.889 bits per heavy atom. The van der Waals surface area contributed by atoms with Crippen LogP contribution in [0.25, 0.3) is 0 Å². The first-order chi connectivity index (χ1) is 8.00. The van der Waals surface area contributed by atoms with Gasteiger partial charge in [-0.2, -0.15) is 0 Å². The zero-order chi connectivity index (χ0) is 13.0. The van der Waals surface area contributed by atoms with Crippen molar-refractivity contribution in [3.63, 3.8) is 0 Å². The van der Waals surface area contributed by atoms with Gasteiger partial charge in [0.2, 0.25) is 0 Å². The second-order valence-corrected chi connectivity index (χ2v) is 4.37. The van der Waals surface area contributed by atoms with Gasteiger partial charge in [0.25, 0.3) is 0 Å². The van der Waals surface area contributed by atoms with Gasteiger partial charge in [-0.05, 0) is 24.3 Å². The maximum Gasteiger partial charge on any atom is 3.00 e. The predicted octanol–water partition coefficient (Wildman–Crippen LogP) is -1.91. The van der Waals surface area contributed by atoms with Gasteiger partial charge in [-0.3, -0.25) is 9.97 Å². The van der Waals surface area contributed by atoms with Crippen molar-refractivity contribution in [1.29, 1.82) is 0 Å². The van der Waals surface area contributed by atoms with E-state index in [1.165, 1.54) is 0 Å². The molecule has 98 valence electrons. The Morgan fingerprint density at radius 3 is 0.944 bits per heavy atom. The van der Waals surface area contributed by atoms with Crippen LogP contribution in [-0.2, 0) is 20.5 Å².